The molecule has 3 rings (SSSR count). The lowest BCUT2D eigenvalue weighted by Gasteiger charge is -2.09. The Morgan fingerprint density at radius 1 is 1.46 bits per heavy atom. The Bertz CT molecular complexity index is 925. The zero-order valence-corrected chi connectivity index (χ0v) is 14.6. The molecule has 0 aromatic carbocycles. The molecule has 24 heavy (non-hydrogen) atoms. The Morgan fingerprint density at radius 2 is 2.29 bits per heavy atom. The summed E-state index contributed by atoms with van der Waals surface area (Å²) < 4.78 is 8.29. The van der Waals surface area contributed by atoms with Crippen molar-refractivity contribution >= 4 is 33.0 Å². The van der Waals surface area contributed by atoms with E-state index in [1.807, 2.05) is 35.8 Å². The molecule has 3 heterocycles. The maximum Gasteiger partial charge on any atom is 0.291 e. The summed E-state index contributed by atoms with van der Waals surface area (Å²) in [5.74, 6) is 0.462. The monoisotopic (exact) mass is 348 g/mol. The van der Waals surface area contributed by atoms with Crippen LogP contribution in [0.2, 0.25) is 0 Å². The van der Waals surface area contributed by atoms with Gasteiger partial charge in [-0.05, 0) is 37.8 Å². The number of thiophene rings is 1. The molecule has 7 nitrogen and oxygen atoms in total. The summed E-state index contributed by atoms with van der Waals surface area (Å²) >= 11 is 1.57. The third-order valence-electron chi connectivity index (χ3n) is 3.74. The van der Waals surface area contributed by atoms with E-state index in [2.05, 4.69) is 10.4 Å². The molecule has 0 unspecified atom stereocenters. The van der Waals surface area contributed by atoms with E-state index in [1.54, 1.807) is 11.3 Å². The highest BCUT2D eigenvalue weighted by Gasteiger charge is 2.14. The highest BCUT2D eigenvalue weighted by molar-refractivity contribution is 7.16. The number of aromatic nitrogens is 3. The van der Waals surface area contributed by atoms with Crippen molar-refractivity contribution in [3.05, 3.63) is 33.7 Å². The number of carbonyl (C=O) groups excluding carboxylic acids is 1. The summed E-state index contributed by atoms with van der Waals surface area (Å²) in [6, 6.07) is 3.82. The van der Waals surface area contributed by atoms with Crippen molar-refractivity contribution in [2.75, 3.05) is 19.8 Å². The summed E-state index contributed by atoms with van der Waals surface area (Å²) in [4.78, 5) is 25.6. The molecule has 0 radical (unpaired) electrons. The van der Waals surface area contributed by atoms with Gasteiger partial charge in [0, 0.05) is 25.1 Å². The number of rotatable bonds is 7. The van der Waals surface area contributed by atoms with Gasteiger partial charge in [-0.15, -0.1) is 11.3 Å². The maximum atomic E-state index is 12.6. The van der Waals surface area contributed by atoms with Crippen molar-refractivity contribution in [3.63, 3.8) is 0 Å². The molecule has 128 valence electrons. The van der Waals surface area contributed by atoms with E-state index in [0.717, 1.165) is 16.6 Å². The lowest BCUT2D eigenvalue weighted by molar-refractivity contribution is -0.121. The number of ether oxygens (including phenoxy) is 1. The van der Waals surface area contributed by atoms with Gasteiger partial charge in [-0.25, -0.2) is 4.68 Å². The Balaban J connectivity index is 1.76. The van der Waals surface area contributed by atoms with Crippen LogP contribution in [0.3, 0.4) is 0 Å². The Kier molecular flexibility index (Phi) is 4.96. The van der Waals surface area contributed by atoms with Gasteiger partial charge in [-0.2, -0.15) is 5.10 Å². The molecule has 0 saturated carbocycles. The Morgan fingerprint density at radius 3 is 3.08 bits per heavy atom. The molecule has 0 spiro atoms. The van der Waals surface area contributed by atoms with E-state index >= 15 is 0 Å². The maximum absolute atomic E-state index is 12.6. The summed E-state index contributed by atoms with van der Waals surface area (Å²) in [6.45, 7) is 5.49. The van der Waals surface area contributed by atoms with E-state index in [-0.39, 0.29) is 18.0 Å². The highest BCUT2D eigenvalue weighted by atomic mass is 32.1. The summed E-state index contributed by atoms with van der Waals surface area (Å²) in [5.41, 5.74) is 0.293. The van der Waals surface area contributed by atoms with Crippen molar-refractivity contribution in [1.29, 1.82) is 0 Å². The molecule has 3 aromatic rings. The van der Waals surface area contributed by atoms with E-state index in [9.17, 15) is 9.59 Å². The van der Waals surface area contributed by atoms with Gasteiger partial charge in [-0.1, -0.05) is 0 Å². The molecule has 3 aromatic heterocycles. The smallest absolute Gasteiger partial charge is 0.291 e. The molecule has 0 fully saturated rings. The van der Waals surface area contributed by atoms with E-state index in [0.29, 0.717) is 31.1 Å². The fourth-order valence-electron chi connectivity index (χ4n) is 2.65. The molecule has 1 N–H and O–H groups in total. The first-order valence-electron chi connectivity index (χ1n) is 7.92. The largest absolute Gasteiger partial charge is 0.382 e. The average molecular weight is 348 g/mol. The number of nitrogens with one attached hydrogen (secondary N) is 1. The fourth-order valence-corrected chi connectivity index (χ4v) is 3.59. The van der Waals surface area contributed by atoms with Crippen LogP contribution < -0.4 is 10.9 Å². The van der Waals surface area contributed by atoms with Crippen LogP contribution in [0.25, 0.3) is 15.7 Å². The van der Waals surface area contributed by atoms with Crippen LogP contribution in [0.5, 0.6) is 0 Å². The van der Waals surface area contributed by atoms with Crippen LogP contribution in [-0.4, -0.2) is 39.8 Å². The van der Waals surface area contributed by atoms with Crippen LogP contribution in [0.4, 0.5) is 0 Å². The zero-order valence-electron chi connectivity index (χ0n) is 13.7. The van der Waals surface area contributed by atoms with Crippen LogP contribution in [0.1, 0.15) is 19.2 Å². The van der Waals surface area contributed by atoms with Gasteiger partial charge in [0.05, 0.1) is 0 Å². The van der Waals surface area contributed by atoms with Crippen molar-refractivity contribution in [1.82, 2.24) is 19.5 Å². The highest BCUT2D eigenvalue weighted by Crippen LogP contribution is 2.24. The molecule has 8 heteroatoms. The molecule has 0 aliphatic rings. The first-order chi connectivity index (χ1) is 11.6. The second kappa shape index (κ2) is 7.14. The summed E-state index contributed by atoms with van der Waals surface area (Å²) in [6.07, 6.45) is 0.745. The number of nitrogens with zero attached hydrogens (tertiary/aromatic N) is 3. The standard InChI is InChI=1S/C16H20N4O3S/c1-3-23-7-4-6-17-14(21)10-19-15(22)13-9-12-5-8-24-16(12)20(13)11(2)18-19/h5,8-9H,3-4,6-7,10H2,1-2H3,(H,17,21). The molecule has 0 bridgehead atoms. The van der Waals surface area contributed by atoms with E-state index < -0.39 is 0 Å². The Hall–Kier alpha value is -2.19. The van der Waals surface area contributed by atoms with Crippen molar-refractivity contribution in [3.8, 4) is 0 Å². The SMILES string of the molecule is CCOCCCNC(=O)Cn1nc(C)n2c(cc3ccsc32)c1=O. The summed E-state index contributed by atoms with van der Waals surface area (Å²) in [7, 11) is 0. The van der Waals surface area contributed by atoms with Gasteiger partial charge in [0.15, 0.2) is 0 Å². The van der Waals surface area contributed by atoms with E-state index in [4.69, 9.17) is 4.74 Å². The fraction of sp³-hybridized carbons (Fsp3) is 0.438. The van der Waals surface area contributed by atoms with Crippen molar-refractivity contribution < 1.29 is 9.53 Å². The molecular weight excluding hydrogens is 328 g/mol. The quantitative estimate of drug-likeness (QED) is 0.658. The van der Waals surface area contributed by atoms with E-state index in [1.165, 1.54) is 4.68 Å². The van der Waals surface area contributed by atoms with Crippen molar-refractivity contribution in [2.24, 2.45) is 0 Å². The van der Waals surface area contributed by atoms with Crippen LogP contribution in [0.15, 0.2) is 22.3 Å². The minimum atomic E-state index is -0.256. The Labute approximate surface area is 142 Å². The van der Waals surface area contributed by atoms with Gasteiger partial charge in [-0.3, -0.25) is 14.0 Å². The minimum Gasteiger partial charge on any atom is -0.382 e. The number of aryl methyl sites for hydroxylation is 1. The molecule has 0 atom stereocenters. The predicted octanol–water partition coefficient (Wildman–Crippen LogP) is 1.56. The lowest BCUT2D eigenvalue weighted by Crippen LogP contribution is -2.35. The number of hydrogen-bond donors (Lipinski definition) is 1. The zero-order chi connectivity index (χ0) is 17.1. The van der Waals surface area contributed by atoms with Gasteiger partial charge in [0.1, 0.15) is 22.7 Å². The number of amides is 1. The number of hydrogen-bond acceptors (Lipinski definition) is 5. The van der Waals surface area contributed by atoms with Crippen LogP contribution in [-0.2, 0) is 16.1 Å². The van der Waals surface area contributed by atoms with Crippen LogP contribution in [0, 0.1) is 6.92 Å². The third-order valence-corrected chi connectivity index (χ3v) is 4.65. The first-order valence-corrected chi connectivity index (χ1v) is 8.80. The van der Waals surface area contributed by atoms with Gasteiger partial charge in [0.25, 0.3) is 5.56 Å². The topological polar surface area (TPSA) is 77.6 Å². The second-order valence-electron chi connectivity index (χ2n) is 5.46. The predicted molar refractivity (Wildman–Crippen MR) is 93.7 cm³/mol. The average Bonchev–Trinajstić information content (AvgIpc) is 3.13. The normalized spacial score (nSPS) is 11.4. The van der Waals surface area contributed by atoms with Crippen LogP contribution >= 0.6 is 11.3 Å². The molecule has 1 amide bonds. The second-order valence-corrected chi connectivity index (χ2v) is 6.35. The molecule has 0 saturated heterocycles. The molecular formula is C16H20N4O3S. The first kappa shape index (κ1) is 16.7. The molecule has 0 aliphatic heterocycles. The number of fused-ring (bicyclic) bond motifs is 3. The third kappa shape index (κ3) is 3.20. The van der Waals surface area contributed by atoms with Gasteiger partial charge < -0.3 is 10.1 Å². The van der Waals surface area contributed by atoms with Gasteiger partial charge >= 0.3 is 0 Å². The molecule has 0 aliphatic carbocycles. The van der Waals surface area contributed by atoms with Crippen molar-refractivity contribution in [2.45, 2.75) is 26.8 Å². The lowest BCUT2D eigenvalue weighted by atomic mass is 10.4. The minimum absolute atomic E-state index is 0.0797. The van der Waals surface area contributed by atoms with Gasteiger partial charge in [0.2, 0.25) is 5.91 Å². The summed E-state index contributed by atoms with van der Waals surface area (Å²) in [5, 5.41) is 10.1. The number of carbonyl (C=O) groups is 1.